The molecule has 0 unspecified atom stereocenters. The Kier molecular flexibility index (Phi) is 6.26. The number of carbonyl (C=O) groups excluding carboxylic acids is 1. The quantitative estimate of drug-likeness (QED) is 0.544. The zero-order valence-electron chi connectivity index (χ0n) is 12.3. The molecule has 2 rings (SSSR count). The third kappa shape index (κ3) is 5.89. The van der Waals surface area contributed by atoms with Gasteiger partial charge in [-0.05, 0) is 44.2 Å². The minimum Gasteiger partial charge on any atom is -0.381 e. The molecular weight excluding hydrogens is 290 g/mol. The zero-order valence-corrected chi connectivity index (χ0v) is 13.1. The van der Waals surface area contributed by atoms with Gasteiger partial charge in [0.1, 0.15) is 11.0 Å². The third-order valence-corrected chi connectivity index (χ3v) is 3.41. The van der Waals surface area contributed by atoms with Crippen LogP contribution in [0.3, 0.4) is 0 Å². The van der Waals surface area contributed by atoms with Gasteiger partial charge < -0.3 is 15.4 Å². The molecule has 0 aliphatic heterocycles. The van der Waals surface area contributed by atoms with Crippen molar-refractivity contribution in [1.29, 1.82) is 0 Å². The Bertz CT molecular complexity index is 478. The predicted octanol–water partition coefficient (Wildman–Crippen LogP) is 2.71. The monoisotopic (exact) mass is 311 g/mol. The van der Waals surface area contributed by atoms with E-state index in [1.165, 1.54) is 12.8 Å². The molecule has 0 bridgehead atoms. The lowest BCUT2D eigenvalue weighted by atomic mass is 10.2. The molecule has 1 aromatic rings. The molecule has 6 heteroatoms. The fourth-order valence-electron chi connectivity index (χ4n) is 1.91. The summed E-state index contributed by atoms with van der Waals surface area (Å²) in [5.74, 6) is 1.26. The highest BCUT2D eigenvalue weighted by molar-refractivity contribution is 6.29. The van der Waals surface area contributed by atoms with E-state index in [0.717, 1.165) is 25.5 Å². The highest BCUT2D eigenvalue weighted by atomic mass is 35.5. The Balaban J connectivity index is 1.71. The molecule has 116 valence electrons. The van der Waals surface area contributed by atoms with E-state index in [1.54, 1.807) is 12.1 Å². The summed E-state index contributed by atoms with van der Waals surface area (Å²) in [6.07, 6.45) is 3.42. The lowest BCUT2D eigenvalue weighted by Crippen LogP contribution is -2.25. The SMILES string of the molecule is CCNc1cc(C(=O)NCCCOCC2CC2)cc(Cl)n1. The van der Waals surface area contributed by atoms with Gasteiger partial charge in [0, 0.05) is 31.9 Å². The summed E-state index contributed by atoms with van der Waals surface area (Å²) in [6.45, 7) is 4.84. The second-order valence-electron chi connectivity index (χ2n) is 5.22. The molecule has 1 aliphatic carbocycles. The number of anilines is 1. The van der Waals surface area contributed by atoms with Crippen LogP contribution in [0.25, 0.3) is 0 Å². The first-order valence-corrected chi connectivity index (χ1v) is 7.84. The minimum absolute atomic E-state index is 0.138. The maximum absolute atomic E-state index is 12.0. The van der Waals surface area contributed by atoms with Crippen molar-refractivity contribution < 1.29 is 9.53 Å². The summed E-state index contributed by atoms with van der Waals surface area (Å²) in [7, 11) is 0. The average Bonchev–Trinajstić information content (AvgIpc) is 3.26. The smallest absolute Gasteiger partial charge is 0.251 e. The Morgan fingerprint density at radius 2 is 2.29 bits per heavy atom. The van der Waals surface area contributed by atoms with Gasteiger partial charge in [-0.1, -0.05) is 11.6 Å². The number of halogens is 1. The molecule has 1 aliphatic rings. The van der Waals surface area contributed by atoms with E-state index >= 15 is 0 Å². The Morgan fingerprint density at radius 3 is 3.00 bits per heavy atom. The molecule has 1 fully saturated rings. The molecule has 1 amide bonds. The van der Waals surface area contributed by atoms with Crippen LogP contribution in [0.5, 0.6) is 0 Å². The fourth-order valence-corrected chi connectivity index (χ4v) is 2.12. The minimum atomic E-state index is -0.138. The van der Waals surface area contributed by atoms with E-state index < -0.39 is 0 Å². The van der Waals surface area contributed by atoms with E-state index in [1.807, 2.05) is 6.92 Å². The van der Waals surface area contributed by atoms with Gasteiger partial charge in [-0.3, -0.25) is 4.79 Å². The van der Waals surface area contributed by atoms with Crippen molar-refractivity contribution in [2.45, 2.75) is 26.2 Å². The standard InChI is InChI=1S/C15H22ClN3O2/c1-2-17-14-9-12(8-13(16)19-14)15(20)18-6-3-7-21-10-11-4-5-11/h8-9,11H,2-7,10H2,1H3,(H,17,19)(H,18,20). The van der Waals surface area contributed by atoms with Crippen LogP contribution in [0, 0.1) is 5.92 Å². The van der Waals surface area contributed by atoms with Crippen LogP contribution < -0.4 is 10.6 Å². The second kappa shape index (κ2) is 8.20. The highest BCUT2D eigenvalue weighted by Crippen LogP contribution is 2.28. The first-order valence-electron chi connectivity index (χ1n) is 7.46. The van der Waals surface area contributed by atoms with E-state index in [0.29, 0.717) is 29.7 Å². The maximum atomic E-state index is 12.0. The van der Waals surface area contributed by atoms with Gasteiger partial charge in [0.15, 0.2) is 0 Å². The highest BCUT2D eigenvalue weighted by Gasteiger charge is 2.20. The number of nitrogens with one attached hydrogen (secondary N) is 2. The van der Waals surface area contributed by atoms with Crippen molar-refractivity contribution in [3.05, 3.63) is 22.8 Å². The van der Waals surface area contributed by atoms with Crippen molar-refractivity contribution in [1.82, 2.24) is 10.3 Å². The van der Waals surface area contributed by atoms with Crippen molar-refractivity contribution in [3.63, 3.8) is 0 Å². The molecule has 0 aromatic carbocycles. The normalized spacial score (nSPS) is 14.0. The van der Waals surface area contributed by atoms with Gasteiger partial charge in [0.05, 0.1) is 0 Å². The van der Waals surface area contributed by atoms with Gasteiger partial charge in [-0.15, -0.1) is 0 Å². The molecule has 0 saturated heterocycles. The molecule has 0 spiro atoms. The fraction of sp³-hybridized carbons (Fsp3) is 0.600. The van der Waals surface area contributed by atoms with Crippen molar-refractivity contribution in [3.8, 4) is 0 Å². The molecule has 1 heterocycles. The predicted molar refractivity (Wildman–Crippen MR) is 83.9 cm³/mol. The second-order valence-corrected chi connectivity index (χ2v) is 5.61. The lowest BCUT2D eigenvalue weighted by Gasteiger charge is -2.08. The number of aromatic nitrogens is 1. The first-order chi connectivity index (χ1) is 10.2. The van der Waals surface area contributed by atoms with E-state index in [-0.39, 0.29) is 5.91 Å². The summed E-state index contributed by atoms with van der Waals surface area (Å²) in [4.78, 5) is 16.1. The van der Waals surface area contributed by atoms with Gasteiger partial charge in [-0.2, -0.15) is 0 Å². The zero-order chi connectivity index (χ0) is 15.1. The number of carbonyl (C=O) groups is 1. The van der Waals surface area contributed by atoms with Crippen molar-refractivity contribution >= 4 is 23.3 Å². The summed E-state index contributed by atoms with van der Waals surface area (Å²) in [5.41, 5.74) is 0.518. The summed E-state index contributed by atoms with van der Waals surface area (Å²) in [6, 6.07) is 3.27. The summed E-state index contributed by atoms with van der Waals surface area (Å²) >= 11 is 5.92. The van der Waals surface area contributed by atoms with Gasteiger partial charge in [0.2, 0.25) is 0 Å². The number of rotatable bonds is 9. The largest absolute Gasteiger partial charge is 0.381 e. The van der Waals surface area contributed by atoms with Crippen LogP contribution in [0.15, 0.2) is 12.1 Å². The lowest BCUT2D eigenvalue weighted by molar-refractivity contribution is 0.0937. The van der Waals surface area contributed by atoms with Crippen molar-refractivity contribution in [2.24, 2.45) is 5.92 Å². The van der Waals surface area contributed by atoms with Gasteiger partial charge in [-0.25, -0.2) is 4.98 Å². The number of nitrogens with zero attached hydrogens (tertiary/aromatic N) is 1. The molecule has 0 radical (unpaired) electrons. The Hall–Kier alpha value is -1.33. The first kappa shape index (κ1) is 16.0. The Morgan fingerprint density at radius 1 is 1.48 bits per heavy atom. The van der Waals surface area contributed by atoms with E-state index in [2.05, 4.69) is 15.6 Å². The van der Waals surface area contributed by atoms with Crippen LogP contribution in [-0.2, 0) is 4.74 Å². The number of amides is 1. The van der Waals surface area contributed by atoms with Gasteiger partial charge in [0.25, 0.3) is 5.91 Å². The maximum Gasteiger partial charge on any atom is 0.251 e. The number of ether oxygens (including phenoxy) is 1. The molecule has 2 N–H and O–H groups in total. The molecule has 1 saturated carbocycles. The molecule has 1 aromatic heterocycles. The molecule has 5 nitrogen and oxygen atoms in total. The van der Waals surface area contributed by atoms with Crippen LogP contribution in [0.2, 0.25) is 5.15 Å². The van der Waals surface area contributed by atoms with Gasteiger partial charge >= 0.3 is 0 Å². The third-order valence-electron chi connectivity index (χ3n) is 3.22. The topological polar surface area (TPSA) is 63.2 Å². The number of hydrogen-bond acceptors (Lipinski definition) is 4. The molecular formula is C15H22ClN3O2. The number of hydrogen-bond donors (Lipinski definition) is 2. The molecule has 21 heavy (non-hydrogen) atoms. The van der Waals surface area contributed by atoms with Crippen molar-refractivity contribution in [2.75, 3.05) is 31.6 Å². The van der Waals surface area contributed by atoms with E-state index in [4.69, 9.17) is 16.3 Å². The van der Waals surface area contributed by atoms with Crippen LogP contribution >= 0.6 is 11.6 Å². The van der Waals surface area contributed by atoms with E-state index in [9.17, 15) is 4.79 Å². The average molecular weight is 312 g/mol. The van der Waals surface area contributed by atoms with Crippen LogP contribution in [0.4, 0.5) is 5.82 Å². The molecule has 0 atom stereocenters. The van der Waals surface area contributed by atoms with Crippen LogP contribution in [0.1, 0.15) is 36.5 Å². The summed E-state index contributed by atoms with van der Waals surface area (Å²) < 4.78 is 5.52. The Labute approximate surface area is 130 Å². The van der Waals surface area contributed by atoms with Crippen LogP contribution in [-0.4, -0.2) is 37.2 Å². The number of pyridine rings is 1. The summed E-state index contributed by atoms with van der Waals surface area (Å²) in [5, 5.41) is 6.23.